The van der Waals surface area contributed by atoms with Crippen LogP contribution in [0.1, 0.15) is 6.42 Å². The predicted molar refractivity (Wildman–Crippen MR) is 66.6 cm³/mol. The van der Waals surface area contributed by atoms with Gasteiger partial charge in [-0.3, -0.25) is 0 Å². The third-order valence-corrected chi connectivity index (χ3v) is 3.01. The molecule has 16 heavy (non-hydrogen) atoms. The highest BCUT2D eigenvalue weighted by molar-refractivity contribution is 5.80. The van der Waals surface area contributed by atoms with E-state index in [0.717, 1.165) is 24.4 Å². The van der Waals surface area contributed by atoms with E-state index >= 15 is 0 Å². The Hall–Kier alpha value is -1.61. The van der Waals surface area contributed by atoms with Gasteiger partial charge in [-0.15, -0.1) is 0 Å². The second kappa shape index (κ2) is 4.10. The van der Waals surface area contributed by atoms with Crippen LogP contribution in [0.15, 0.2) is 36.4 Å². The van der Waals surface area contributed by atoms with E-state index in [1.54, 1.807) is 0 Å². The molecule has 2 aromatic rings. The van der Waals surface area contributed by atoms with E-state index in [0.29, 0.717) is 6.04 Å². The fourth-order valence-corrected chi connectivity index (χ4v) is 2.13. The number of fused-ring (bicyclic) bond motifs is 1. The quantitative estimate of drug-likeness (QED) is 0.801. The molecule has 1 fully saturated rings. The van der Waals surface area contributed by atoms with E-state index in [2.05, 4.69) is 33.8 Å². The number of hydrogen-bond acceptors (Lipinski definition) is 3. The molecule has 1 aliphatic heterocycles. The van der Waals surface area contributed by atoms with Gasteiger partial charge in [0.15, 0.2) is 0 Å². The molecule has 0 amide bonds. The van der Waals surface area contributed by atoms with Crippen LogP contribution >= 0.6 is 0 Å². The molecule has 1 aromatic heterocycles. The number of hydrogen-bond donors (Lipinski definition) is 2. The van der Waals surface area contributed by atoms with Crippen LogP contribution in [0.4, 0.5) is 5.82 Å². The molecule has 0 saturated carbocycles. The van der Waals surface area contributed by atoms with Crippen molar-refractivity contribution in [3.8, 4) is 0 Å². The summed E-state index contributed by atoms with van der Waals surface area (Å²) in [6.45, 7) is 2.14. The maximum Gasteiger partial charge on any atom is 0.126 e. The Morgan fingerprint density at radius 2 is 2.12 bits per heavy atom. The summed E-state index contributed by atoms with van der Waals surface area (Å²) in [6, 6.07) is 12.9. The van der Waals surface area contributed by atoms with E-state index in [-0.39, 0.29) is 0 Å². The standard InChI is InChI=1S/C13H15N3/c1-2-4-12-10(3-1)5-6-13(16-12)15-11-7-8-14-9-11/h1-6,11,14H,7-9H2,(H,15,16). The highest BCUT2D eigenvalue weighted by Gasteiger charge is 2.14. The number of nitrogens with zero attached hydrogens (tertiary/aromatic N) is 1. The third-order valence-electron chi connectivity index (χ3n) is 3.01. The van der Waals surface area contributed by atoms with Crippen LogP contribution in [0.25, 0.3) is 10.9 Å². The zero-order valence-electron chi connectivity index (χ0n) is 9.11. The van der Waals surface area contributed by atoms with Gasteiger partial charge in [-0.25, -0.2) is 4.98 Å². The first kappa shape index (κ1) is 9.60. The molecule has 0 spiro atoms. The van der Waals surface area contributed by atoms with E-state index in [9.17, 15) is 0 Å². The fraction of sp³-hybridized carbons (Fsp3) is 0.308. The number of rotatable bonds is 2. The van der Waals surface area contributed by atoms with Crippen molar-refractivity contribution in [1.82, 2.24) is 10.3 Å². The highest BCUT2D eigenvalue weighted by Crippen LogP contribution is 2.16. The maximum absolute atomic E-state index is 4.60. The molecule has 0 aliphatic carbocycles. The van der Waals surface area contributed by atoms with E-state index in [1.165, 1.54) is 11.8 Å². The number of benzene rings is 1. The number of aromatic nitrogens is 1. The predicted octanol–water partition coefficient (Wildman–Crippen LogP) is 2.01. The van der Waals surface area contributed by atoms with E-state index in [1.807, 2.05) is 18.2 Å². The van der Waals surface area contributed by atoms with Crippen LogP contribution in [0, 0.1) is 0 Å². The average Bonchev–Trinajstić information content (AvgIpc) is 2.82. The van der Waals surface area contributed by atoms with Crippen molar-refractivity contribution in [2.75, 3.05) is 18.4 Å². The van der Waals surface area contributed by atoms with E-state index < -0.39 is 0 Å². The lowest BCUT2D eigenvalue weighted by atomic mass is 10.2. The molecule has 2 heterocycles. The summed E-state index contributed by atoms with van der Waals surface area (Å²) in [6.07, 6.45) is 1.18. The van der Waals surface area contributed by atoms with Gasteiger partial charge in [-0.1, -0.05) is 18.2 Å². The topological polar surface area (TPSA) is 37.0 Å². The lowest BCUT2D eigenvalue weighted by molar-refractivity contribution is 0.789. The molecule has 3 nitrogen and oxygen atoms in total. The average molecular weight is 213 g/mol. The van der Waals surface area contributed by atoms with Gasteiger partial charge in [-0.05, 0) is 31.2 Å². The molecule has 1 saturated heterocycles. The van der Waals surface area contributed by atoms with Crippen LogP contribution in [0.2, 0.25) is 0 Å². The number of anilines is 1. The summed E-state index contributed by atoms with van der Waals surface area (Å²) in [5, 5.41) is 7.99. The van der Waals surface area contributed by atoms with E-state index in [4.69, 9.17) is 0 Å². The summed E-state index contributed by atoms with van der Waals surface area (Å²) in [5.41, 5.74) is 1.05. The SMILES string of the molecule is c1ccc2nc(NC3CCNC3)ccc2c1. The molecule has 1 aliphatic rings. The largest absolute Gasteiger partial charge is 0.366 e. The summed E-state index contributed by atoms with van der Waals surface area (Å²) in [4.78, 5) is 4.60. The first-order valence-corrected chi connectivity index (χ1v) is 5.75. The Morgan fingerprint density at radius 1 is 1.19 bits per heavy atom. The molecule has 3 heteroatoms. The van der Waals surface area contributed by atoms with Crippen LogP contribution in [0.5, 0.6) is 0 Å². The molecule has 2 N–H and O–H groups in total. The molecular weight excluding hydrogens is 198 g/mol. The monoisotopic (exact) mass is 213 g/mol. The van der Waals surface area contributed by atoms with Gasteiger partial charge in [0.2, 0.25) is 0 Å². The van der Waals surface area contributed by atoms with Gasteiger partial charge in [0.05, 0.1) is 5.52 Å². The Balaban J connectivity index is 1.86. The van der Waals surface area contributed by atoms with Crippen molar-refractivity contribution in [3.05, 3.63) is 36.4 Å². The first-order chi connectivity index (χ1) is 7.92. The molecule has 1 unspecified atom stereocenters. The van der Waals surface area contributed by atoms with Gasteiger partial charge < -0.3 is 10.6 Å². The molecule has 3 rings (SSSR count). The number of pyridine rings is 1. The second-order valence-electron chi connectivity index (χ2n) is 4.22. The van der Waals surface area contributed by atoms with Crippen molar-refractivity contribution >= 4 is 16.7 Å². The van der Waals surface area contributed by atoms with Crippen molar-refractivity contribution in [2.24, 2.45) is 0 Å². The number of nitrogens with one attached hydrogen (secondary N) is 2. The molecule has 1 aromatic carbocycles. The summed E-state index contributed by atoms with van der Waals surface area (Å²) < 4.78 is 0. The maximum atomic E-state index is 4.60. The van der Waals surface area contributed by atoms with Gasteiger partial charge in [-0.2, -0.15) is 0 Å². The van der Waals surface area contributed by atoms with Crippen molar-refractivity contribution in [2.45, 2.75) is 12.5 Å². The van der Waals surface area contributed by atoms with Gasteiger partial charge in [0.1, 0.15) is 5.82 Å². The minimum atomic E-state index is 0.522. The van der Waals surface area contributed by atoms with Crippen molar-refractivity contribution in [1.29, 1.82) is 0 Å². The minimum Gasteiger partial charge on any atom is -0.366 e. The lowest BCUT2D eigenvalue weighted by Crippen LogP contribution is -2.22. The summed E-state index contributed by atoms with van der Waals surface area (Å²) in [5.74, 6) is 0.979. The van der Waals surface area contributed by atoms with Gasteiger partial charge in [0, 0.05) is 18.0 Å². The molecule has 0 bridgehead atoms. The van der Waals surface area contributed by atoms with Crippen LogP contribution < -0.4 is 10.6 Å². The smallest absolute Gasteiger partial charge is 0.126 e. The molecular formula is C13H15N3. The minimum absolute atomic E-state index is 0.522. The lowest BCUT2D eigenvalue weighted by Gasteiger charge is -2.12. The van der Waals surface area contributed by atoms with Gasteiger partial charge >= 0.3 is 0 Å². The summed E-state index contributed by atoms with van der Waals surface area (Å²) >= 11 is 0. The molecule has 0 radical (unpaired) electrons. The first-order valence-electron chi connectivity index (χ1n) is 5.75. The van der Waals surface area contributed by atoms with Crippen molar-refractivity contribution < 1.29 is 0 Å². The number of para-hydroxylation sites is 1. The second-order valence-corrected chi connectivity index (χ2v) is 4.22. The zero-order chi connectivity index (χ0) is 10.8. The molecule has 82 valence electrons. The van der Waals surface area contributed by atoms with Crippen molar-refractivity contribution in [3.63, 3.8) is 0 Å². The Morgan fingerprint density at radius 3 is 3.00 bits per heavy atom. The zero-order valence-corrected chi connectivity index (χ0v) is 9.11. The Bertz CT molecular complexity index is 489. The van der Waals surface area contributed by atoms with Crippen LogP contribution in [-0.4, -0.2) is 24.1 Å². The van der Waals surface area contributed by atoms with Crippen LogP contribution in [-0.2, 0) is 0 Å². The summed E-state index contributed by atoms with van der Waals surface area (Å²) in [7, 11) is 0. The third kappa shape index (κ3) is 1.86. The Labute approximate surface area is 94.9 Å². The van der Waals surface area contributed by atoms with Crippen LogP contribution in [0.3, 0.4) is 0 Å². The fourth-order valence-electron chi connectivity index (χ4n) is 2.13. The highest BCUT2D eigenvalue weighted by atomic mass is 15.1. The normalized spacial score (nSPS) is 20.1. The van der Waals surface area contributed by atoms with Gasteiger partial charge in [0.25, 0.3) is 0 Å². The Kier molecular flexibility index (Phi) is 2.46. The molecule has 1 atom stereocenters.